The van der Waals surface area contributed by atoms with E-state index in [0.717, 1.165) is 12.0 Å². The van der Waals surface area contributed by atoms with Crippen molar-refractivity contribution in [2.75, 3.05) is 0 Å². The van der Waals surface area contributed by atoms with Crippen molar-refractivity contribution in [2.45, 2.75) is 32.7 Å². The first-order valence-corrected chi connectivity index (χ1v) is 8.53. The van der Waals surface area contributed by atoms with Gasteiger partial charge in [-0.1, -0.05) is 37.3 Å². The zero-order chi connectivity index (χ0) is 18.9. The van der Waals surface area contributed by atoms with Gasteiger partial charge in [0.15, 0.2) is 0 Å². The molecule has 0 spiro atoms. The van der Waals surface area contributed by atoms with E-state index >= 15 is 0 Å². The van der Waals surface area contributed by atoms with Crippen molar-refractivity contribution in [3.05, 3.63) is 71.3 Å². The molecule has 0 heterocycles. The molecule has 2 aromatic rings. The lowest BCUT2D eigenvalue weighted by Gasteiger charge is -2.14. The molecule has 2 rings (SSSR count). The Hall–Kier alpha value is -3.15. The highest BCUT2D eigenvalue weighted by molar-refractivity contribution is 5.96. The number of aryl methyl sites for hydroxylation is 1. The van der Waals surface area contributed by atoms with Crippen LogP contribution in [0.25, 0.3) is 0 Å². The molecule has 1 unspecified atom stereocenters. The van der Waals surface area contributed by atoms with Crippen LogP contribution in [0.15, 0.2) is 54.6 Å². The number of carbonyl (C=O) groups excluding carboxylic acids is 3. The van der Waals surface area contributed by atoms with E-state index in [-0.39, 0.29) is 30.2 Å². The van der Waals surface area contributed by atoms with Crippen LogP contribution in [0.3, 0.4) is 0 Å². The van der Waals surface area contributed by atoms with Crippen LogP contribution in [-0.2, 0) is 11.2 Å². The van der Waals surface area contributed by atoms with Crippen LogP contribution in [0.5, 0.6) is 0 Å². The van der Waals surface area contributed by atoms with E-state index in [1.165, 1.54) is 0 Å². The van der Waals surface area contributed by atoms with Crippen molar-refractivity contribution in [2.24, 2.45) is 0 Å². The van der Waals surface area contributed by atoms with Gasteiger partial charge in [-0.25, -0.2) is 0 Å². The van der Waals surface area contributed by atoms with Crippen molar-refractivity contribution >= 4 is 17.7 Å². The molecule has 136 valence electrons. The Morgan fingerprint density at radius 1 is 0.846 bits per heavy atom. The van der Waals surface area contributed by atoms with E-state index in [9.17, 15) is 14.4 Å². The molecule has 0 fully saturated rings. The molecule has 0 bridgehead atoms. The minimum atomic E-state index is -0.387. The summed E-state index contributed by atoms with van der Waals surface area (Å²) in [7, 11) is 0. The topological polar surface area (TPSA) is 87.3 Å². The number of hydrogen-bond acceptors (Lipinski definition) is 3. The van der Waals surface area contributed by atoms with Gasteiger partial charge < -0.3 is 5.32 Å². The molecule has 0 aliphatic heterocycles. The Kier molecular flexibility index (Phi) is 6.91. The summed E-state index contributed by atoms with van der Waals surface area (Å²) in [5, 5.41) is 2.75. The van der Waals surface area contributed by atoms with Crippen molar-refractivity contribution < 1.29 is 14.4 Å². The van der Waals surface area contributed by atoms with Crippen molar-refractivity contribution in [3.63, 3.8) is 0 Å². The predicted octanol–water partition coefficient (Wildman–Crippen LogP) is 2.22. The van der Waals surface area contributed by atoms with E-state index in [1.54, 1.807) is 43.3 Å². The largest absolute Gasteiger partial charge is 0.349 e. The van der Waals surface area contributed by atoms with E-state index < -0.39 is 0 Å². The second kappa shape index (κ2) is 9.36. The Bertz CT molecular complexity index is 758. The fourth-order valence-corrected chi connectivity index (χ4v) is 2.37. The first-order chi connectivity index (χ1) is 12.5. The molecule has 0 saturated heterocycles. The van der Waals surface area contributed by atoms with Crippen molar-refractivity contribution in [1.82, 2.24) is 16.2 Å². The molecule has 3 amide bonds. The van der Waals surface area contributed by atoms with E-state index in [2.05, 4.69) is 16.2 Å². The van der Waals surface area contributed by atoms with Gasteiger partial charge in [0, 0.05) is 23.6 Å². The number of nitrogens with one attached hydrogen (secondary N) is 3. The lowest BCUT2D eigenvalue weighted by molar-refractivity contribution is -0.122. The third kappa shape index (κ3) is 5.73. The van der Waals surface area contributed by atoms with Crippen LogP contribution in [0, 0.1) is 0 Å². The van der Waals surface area contributed by atoms with E-state index in [1.807, 2.05) is 25.1 Å². The fourth-order valence-electron chi connectivity index (χ4n) is 2.37. The second-order valence-corrected chi connectivity index (χ2v) is 6.00. The molecular formula is C20H23N3O3. The number of rotatable bonds is 6. The zero-order valence-corrected chi connectivity index (χ0v) is 14.9. The van der Waals surface area contributed by atoms with Gasteiger partial charge in [-0.3, -0.25) is 25.2 Å². The van der Waals surface area contributed by atoms with Crippen LogP contribution in [0.4, 0.5) is 0 Å². The number of benzene rings is 2. The monoisotopic (exact) mass is 353 g/mol. The van der Waals surface area contributed by atoms with Gasteiger partial charge in [-0.05, 0) is 43.2 Å². The summed E-state index contributed by atoms with van der Waals surface area (Å²) in [6, 6.07) is 15.6. The van der Waals surface area contributed by atoms with Gasteiger partial charge in [0.2, 0.25) is 5.91 Å². The van der Waals surface area contributed by atoms with Gasteiger partial charge in [0.25, 0.3) is 11.8 Å². The molecule has 6 heteroatoms. The van der Waals surface area contributed by atoms with E-state index in [0.29, 0.717) is 11.1 Å². The lowest BCUT2D eigenvalue weighted by atomic mass is 10.1. The first kappa shape index (κ1) is 19.2. The summed E-state index contributed by atoms with van der Waals surface area (Å²) >= 11 is 0. The van der Waals surface area contributed by atoms with Gasteiger partial charge in [-0.15, -0.1) is 0 Å². The fraction of sp³-hybridized carbons (Fsp3) is 0.250. The molecule has 0 aromatic heterocycles. The number of hydrazine groups is 1. The molecule has 0 radical (unpaired) electrons. The molecule has 26 heavy (non-hydrogen) atoms. The summed E-state index contributed by atoms with van der Waals surface area (Å²) < 4.78 is 0. The molecule has 0 saturated carbocycles. The number of hydrogen-bond donors (Lipinski definition) is 3. The summed E-state index contributed by atoms with van der Waals surface area (Å²) in [6.07, 6.45) is 0.943. The first-order valence-electron chi connectivity index (χ1n) is 8.53. The summed E-state index contributed by atoms with van der Waals surface area (Å²) in [4.78, 5) is 36.0. The Labute approximate surface area is 153 Å². The predicted molar refractivity (Wildman–Crippen MR) is 99.4 cm³/mol. The normalized spacial score (nSPS) is 11.3. The van der Waals surface area contributed by atoms with Crippen LogP contribution in [-0.4, -0.2) is 23.8 Å². The average molecular weight is 353 g/mol. The Balaban J connectivity index is 1.76. The van der Waals surface area contributed by atoms with Crippen LogP contribution in [0.2, 0.25) is 0 Å². The number of carbonyl (C=O) groups is 3. The molecule has 6 nitrogen and oxygen atoms in total. The van der Waals surface area contributed by atoms with Gasteiger partial charge in [0.1, 0.15) is 0 Å². The lowest BCUT2D eigenvalue weighted by Crippen LogP contribution is -2.44. The number of amides is 3. The third-order valence-corrected chi connectivity index (χ3v) is 3.84. The quantitative estimate of drug-likeness (QED) is 0.696. The highest BCUT2D eigenvalue weighted by atomic mass is 16.2. The summed E-state index contributed by atoms with van der Waals surface area (Å²) in [6.45, 7) is 3.76. The SMILES string of the molecule is CCc1ccc(C(=O)NNC(=O)CC(C)NC(=O)c2ccccc2)cc1. The average Bonchev–Trinajstić information content (AvgIpc) is 2.66. The van der Waals surface area contributed by atoms with Gasteiger partial charge in [0.05, 0.1) is 0 Å². The van der Waals surface area contributed by atoms with Crippen LogP contribution >= 0.6 is 0 Å². The molecule has 2 aromatic carbocycles. The van der Waals surface area contributed by atoms with Crippen molar-refractivity contribution in [1.29, 1.82) is 0 Å². The standard InChI is InChI=1S/C20H23N3O3/c1-3-15-9-11-17(12-10-15)20(26)23-22-18(24)13-14(2)21-19(25)16-7-5-4-6-8-16/h4-12,14H,3,13H2,1-2H3,(H,21,25)(H,22,24)(H,23,26). The van der Waals surface area contributed by atoms with Gasteiger partial charge >= 0.3 is 0 Å². The molecule has 0 aliphatic carbocycles. The molecule has 1 atom stereocenters. The van der Waals surface area contributed by atoms with Crippen molar-refractivity contribution in [3.8, 4) is 0 Å². The zero-order valence-electron chi connectivity index (χ0n) is 14.9. The minimum Gasteiger partial charge on any atom is -0.349 e. The summed E-state index contributed by atoms with van der Waals surface area (Å²) in [5.74, 6) is -1.02. The van der Waals surface area contributed by atoms with Crippen LogP contribution in [0.1, 0.15) is 46.5 Å². The highest BCUT2D eigenvalue weighted by Crippen LogP contribution is 2.04. The highest BCUT2D eigenvalue weighted by Gasteiger charge is 2.14. The van der Waals surface area contributed by atoms with Crippen LogP contribution < -0.4 is 16.2 Å². The third-order valence-electron chi connectivity index (χ3n) is 3.84. The Morgan fingerprint density at radius 2 is 1.46 bits per heavy atom. The minimum absolute atomic E-state index is 0.0492. The Morgan fingerprint density at radius 3 is 2.08 bits per heavy atom. The molecular weight excluding hydrogens is 330 g/mol. The van der Waals surface area contributed by atoms with Gasteiger partial charge in [-0.2, -0.15) is 0 Å². The maximum Gasteiger partial charge on any atom is 0.269 e. The maximum absolute atomic E-state index is 12.0. The molecule has 3 N–H and O–H groups in total. The summed E-state index contributed by atoms with van der Waals surface area (Å²) in [5.41, 5.74) is 6.87. The smallest absolute Gasteiger partial charge is 0.269 e. The maximum atomic E-state index is 12.0. The van der Waals surface area contributed by atoms with E-state index in [4.69, 9.17) is 0 Å². The second-order valence-electron chi connectivity index (χ2n) is 6.00. The molecule has 0 aliphatic rings.